The lowest BCUT2D eigenvalue weighted by atomic mass is 10.1. The van der Waals surface area contributed by atoms with Crippen LogP contribution in [0.15, 0.2) is 22.8 Å². The molecule has 1 aromatic heterocycles. The molecule has 0 aliphatic carbocycles. The fourth-order valence-corrected chi connectivity index (χ4v) is 2.67. The van der Waals surface area contributed by atoms with E-state index in [0.29, 0.717) is 6.42 Å². The second-order valence-electron chi connectivity index (χ2n) is 6.60. The molecule has 2 amide bonds. The molecule has 0 bridgehead atoms. The SMILES string of the molecule is CC(C)NC(=O)C(CCN1CCN(C)CC1)NC(=O)c1ccco1. The number of nitrogens with zero attached hydrogens (tertiary/aromatic N) is 2. The maximum Gasteiger partial charge on any atom is 0.287 e. The molecule has 7 nitrogen and oxygen atoms in total. The zero-order valence-electron chi connectivity index (χ0n) is 14.7. The zero-order chi connectivity index (χ0) is 17.5. The fourth-order valence-electron chi connectivity index (χ4n) is 2.67. The molecule has 0 spiro atoms. The Labute approximate surface area is 143 Å². The van der Waals surface area contributed by atoms with E-state index in [1.54, 1.807) is 12.1 Å². The summed E-state index contributed by atoms with van der Waals surface area (Å²) < 4.78 is 5.10. The van der Waals surface area contributed by atoms with E-state index in [9.17, 15) is 9.59 Å². The quantitative estimate of drug-likeness (QED) is 0.760. The van der Waals surface area contributed by atoms with Crippen LogP contribution < -0.4 is 10.6 Å². The third-order valence-electron chi connectivity index (χ3n) is 4.13. The summed E-state index contributed by atoms with van der Waals surface area (Å²) in [5.41, 5.74) is 0. The molecule has 24 heavy (non-hydrogen) atoms. The van der Waals surface area contributed by atoms with Gasteiger partial charge in [-0.25, -0.2) is 0 Å². The number of amides is 2. The van der Waals surface area contributed by atoms with Crippen molar-refractivity contribution in [3.8, 4) is 0 Å². The molecule has 0 saturated carbocycles. The lowest BCUT2D eigenvalue weighted by Gasteiger charge is -2.33. The van der Waals surface area contributed by atoms with E-state index in [4.69, 9.17) is 4.42 Å². The molecule has 1 unspecified atom stereocenters. The summed E-state index contributed by atoms with van der Waals surface area (Å²) in [4.78, 5) is 29.2. The third kappa shape index (κ3) is 5.65. The minimum atomic E-state index is -0.565. The van der Waals surface area contributed by atoms with E-state index in [2.05, 4.69) is 27.5 Å². The Morgan fingerprint density at radius 1 is 1.21 bits per heavy atom. The second kappa shape index (κ2) is 8.84. The molecule has 2 rings (SSSR count). The normalized spacial score (nSPS) is 17.7. The largest absolute Gasteiger partial charge is 0.459 e. The van der Waals surface area contributed by atoms with Gasteiger partial charge in [-0.1, -0.05) is 0 Å². The molecule has 0 radical (unpaired) electrons. The first-order valence-corrected chi connectivity index (χ1v) is 8.51. The summed E-state index contributed by atoms with van der Waals surface area (Å²) in [5.74, 6) is -0.293. The predicted molar refractivity (Wildman–Crippen MR) is 91.8 cm³/mol. The second-order valence-corrected chi connectivity index (χ2v) is 6.60. The minimum Gasteiger partial charge on any atom is -0.459 e. The van der Waals surface area contributed by atoms with Crippen molar-refractivity contribution in [1.29, 1.82) is 0 Å². The van der Waals surface area contributed by atoms with Crippen LogP contribution in [0.4, 0.5) is 0 Å². The van der Waals surface area contributed by atoms with Crippen LogP contribution in [0.5, 0.6) is 0 Å². The van der Waals surface area contributed by atoms with Crippen LogP contribution in [-0.4, -0.2) is 73.5 Å². The smallest absolute Gasteiger partial charge is 0.287 e. The molecule has 134 valence electrons. The van der Waals surface area contributed by atoms with E-state index in [1.165, 1.54) is 6.26 Å². The standard InChI is InChI=1S/C17H28N4O3/c1-13(2)18-16(22)14(19-17(23)15-5-4-12-24-15)6-7-21-10-8-20(3)9-11-21/h4-5,12-14H,6-11H2,1-3H3,(H,18,22)(H,19,23). The Balaban J connectivity index is 1.92. The summed E-state index contributed by atoms with van der Waals surface area (Å²) in [6.45, 7) is 8.63. The number of carbonyl (C=O) groups excluding carboxylic acids is 2. The Bertz CT molecular complexity index is 522. The van der Waals surface area contributed by atoms with E-state index in [-0.39, 0.29) is 23.6 Å². The molecule has 1 saturated heterocycles. The molecule has 1 atom stereocenters. The van der Waals surface area contributed by atoms with Crippen molar-refractivity contribution in [3.63, 3.8) is 0 Å². The Morgan fingerprint density at radius 3 is 2.50 bits per heavy atom. The van der Waals surface area contributed by atoms with Gasteiger partial charge in [0, 0.05) is 38.8 Å². The van der Waals surface area contributed by atoms with Crippen LogP contribution in [0.25, 0.3) is 0 Å². The lowest BCUT2D eigenvalue weighted by Crippen LogP contribution is -2.51. The molecular formula is C17H28N4O3. The number of furan rings is 1. The Kier molecular flexibility index (Phi) is 6.81. The predicted octanol–water partition coefficient (Wildman–Crippen LogP) is 0.540. The molecule has 0 aromatic carbocycles. The topological polar surface area (TPSA) is 77.8 Å². The van der Waals surface area contributed by atoms with E-state index in [0.717, 1.165) is 32.7 Å². The molecule has 2 N–H and O–H groups in total. The number of carbonyl (C=O) groups is 2. The highest BCUT2D eigenvalue weighted by Gasteiger charge is 2.24. The first-order valence-electron chi connectivity index (χ1n) is 8.51. The highest BCUT2D eigenvalue weighted by atomic mass is 16.3. The van der Waals surface area contributed by atoms with Gasteiger partial charge in [-0.3, -0.25) is 9.59 Å². The molecule has 1 aliphatic heterocycles. The van der Waals surface area contributed by atoms with Crippen molar-refractivity contribution >= 4 is 11.8 Å². The van der Waals surface area contributed by atoms with Crippen molar-refractivity contribution in [2.24, 2.45) is 0 Å². The maximum absolute atomic E-state index is 12.4. The fraction of sp³-hybridized carbons (Fsp3) is 0.647. The van der Waals surface area contributed by atoms with Crippen LogP contribution in [0, 0.1) is 0 Å². The highest BCUT2D eigenvalue weighted by molar-refractivity contribution is 5.95. The van der Waals surface area contributed by atoms with Crippen molar-refractivity contribution in [3.05, 3.63) is 24.2 Å². The summed E-state index contributed by atoms with van der Waals surface area (Å²) in [6.07, 6.45) is 2.02. The van der Waals surface area contributed by atoms with Gasteiger partial charge in [-0.15, -0.1) is 0 Å². The van der Waals surface area contributed by atoms with E-state index < -0.39 is 6.04 Å². The number of hydrogen-bond acceptors (Lipinski definition) is 5. The summed E-state index contributed by atoms with van der Waals surface area (Å²) >= 11 is 0. The van der Waals surface area contributed by atoms with Crippen LogP contribution >= 0.6 is 0 Å². The zero-order valence-corrected chi connectivity index (χ0v) is 14.7. The minimum absolute atomic E-state index is 0.0316. The van der Waals surface area contributed by atoms with Gasteiger partial charge in [0.2, 0.25) is 5.91 Å². The van der Waals surface area contributed by atoms with Gasteiger partial charge < -0.3 is 24.9 Å². The van der Waals surface area contributed by atoms with Crippen LogP contribution in [-0.2, 0) is 4.79 Å². The third-order valence-corrected chi connectivity index (χ3v) is 4.13. The molecule has 1 fully saturated rings. The number of piperazine rings is 1. The lowest BCUT2D eigenvalue weighted by molar-refractivity contribution is -0.123. The number of likely N-dealkylation sites (N-methyl/N-ethyl adjacent to an activating group) is 1. The number of nitrogens with one attached hydrogen (secondary N) is 2. The summed E-state index contributed by atoms with van der Waals surface area (Å²) in [6, 6.07) is 2.71. The molecule has 2 heterocycles. The summed E-state index contributed by atoms with van der Waals surface area (Å²) in [5, 5.41) is 5.67. The molecular weight excluding hydrogens is 308 g/mol. The maximum atomic E-state index is 12.4. The van der Waals surface area contributed by atoms with Crippen LogP contribution in [0.2, 0.25) is 0 Å². The van der Waals surface area contributed by atoms with E-state index in [1.807, 2.05) is 13.8 Å². The Morgan fingerprint density at radius 2 is 1.92 bits per heavy atom. The van der Waals surface area contributed by atoms with Crippen LogP contribution in [0.1, 0.15) is 30.8 Å². The van der Waals surface area contributed by atoms with Gasteiger partial charge in [0.25, 0.3) is 5.91 Å². The van der Waals surface area contributed by atoms with Crippen molar-refractivity contribution in [2.45, 2.75) is 32.4 Å². The van der Waals surface area contributed by atoms with Gasteiger partial charge in [-0.2, -0.15) is 0 Å². The molecule has 1 aliphatic rings. The number of hydrogen-bond donors (Lipinski definition) is 2. The van der Waals surface area contributed by atoms with Crippen molar-refractivity contribution < 1.29 is 14.0 Å². The molecule has 1 aromatic rings. The van der Waals surface area contributed by atoms with Gasteiger partial charge in [0.05, 0.1) is 6.26 Å². The van der Waals surface area contributed by atoms with Gasteiger partial charge >= 0.3 is 0 Å². The average Bonchev–Trinajstić information content (AvgIpc) is 3.06. The first-order chi connectivity index (χ1) is 11.5. The van der Waals surface area contributed by atoms with Gasteiger partial charge in [0.1, 0.15) is 6.04 Å². The Hall–Kier alpha value is -1.86. The highest BCUT2D eigenvalue weighted by Crippen LogP contribution is 2.05. The van der Waals surface area contributed by atoms with Crippen molar-refractivity contribution in [1.82, 2.24) is 20.4 Å². The number of rotatable bonds is 7. The van der Waals surface area contributed by atoms with Gasteiger partial charge in [0.15, 0.2) is 5.76 Å². The van der Waals surface area contributed by atoms with Crippen molar-refractivity contribution in [2.75, 3.05) is 39.8 Å². The monoisotopic (exact) mass is 336 g/mol. The summed E-state index contributed by atoms with van der Waals surface area (Å²) in [7, 11) is 2.11. The van der Waals surface area contributed by atoms with E-state index >= 15 is 0 Å². The average molecular weight is 336 g/mol. The van der Waals surface area contributed by atoms with Gasteiger partial charge in [-0.05, 0) is 39.4 Å². The molecule has 7 heteroatoms. The first kappa shape index (κ1) is 18.5. The van der Waals surface area contributed by atoms with Crippen LogP contribution in [0.3, 0.4) is 0 Å².